The molecule has 2 spiro atoms. The Hall–Kier alpha value is -3.06. The number of fused-ring (bicyclic) bond motifs is 2. The smallest absolute Gasteiger partial charge is 0.461 e. The van der Waals surface area contributed by atoms with E-state index >= 15 is 0 Å². The molecule has 2 aliphatic carbocycles. The summed E-state index contributed by atoms with van der Waals surface area (Å²) in [6.07, 6.45) is 11.1. The number of allylic oxidation sites excluding steroid dienone is 2. The minimum absolute atomic E-state index is 0. The summed E-state index contributed by atoms with van der Waals surface area (Å²) >= 11 is 3.11. The van der Waals surface area contributed by atoms with E-state index in [-0.39, 0.29) is 73.4 Å². The summed E-state index contributed by atoms with van der Waals surface area (Å²) in [7, 11) is -0.179. The highest BCUT2D eigenvalue weighted by Crippen LogP contribution is 2.50. The molecule has 362 valence electrons. The van der Waals surface area contributed by atoms with Gasteiger partial charge in [-0.3, -0.25) is 9.36 Å². The Morgan fingerprint density at radius 3 is 1.62 bits per heavy atom. The van der Waals surface area contributed by atoms with Crippen LogP contribution in [0.15, 0.2) is 22.1 Å². The first kappa shape index (κ1) is 51.3. The van der Waals surface area contributed by atoms with Crippen LogP contribution in [-0.4, -0.2) is 99.3 Å². The van der Waals surface area contributed by atoms with Gasteiger partial charge < -0.3 is 28.3 Å². The number of halogens is 5. The number of carbonyl (C=O) groups is 2. The van der Waals surface area contributed by atoms with Crippen molar-refractivity contribution < 1.29 is 55.4 Å². The molecule has 5 aliphatic heterocycles. The Kier molecular flexibility index (Phi) is 14.3. The zero-order valence-electron chi connectivity index (χ0n) is 39.0. The molecule has 0 bridgehead atoms. The second-order valence-corrected chi connectivity index (χ2v) is 22.0. The van der Waals surface area contributed by atoms with E-state index in [1.54, 1.807) is 13.8 Å². The van der Waals surface area contributed by atoms with Crippen LogP contribution in [0.2, 0.25) is 0 Å². The molecule has 2 atom stereocenters. The first-order valence-corrected chi connectivity index (χ1v) is 23.4. The Bertz CT molecular complexity index is 2190. The van der Waals surface area contributed by atoms with Gasteiger partial charge in [-0.25, -0.2) is 27.2 Å². The SMILES string of the molecule is C.CC1(C)COC2(CC=C(B3OC(C)(C)C(C)(C)O3)CC2)C1.CCOC(=O)c1nn2c(c1Br)CC(F)(F)C2.CCOC(=O)c1nn2c(c1C1=CCC3(CC1)CC(C)(C)CO3)CC(F)(F)C2. The molecule has 2 aromatic rings. The van der Waals surface area contributed by atoms with Crippen LogP contribution in [0.3, 0.4) is 0 Å². The quantitative estimate of drug-likeness (QED) is 0.157. The fourth-order valence-electron chi connectivity index (χ4n) is 10.1. The standard InChI is InChI=1S/C20H26F2N2O3.C17H29BO3.C9H9BrF2N2O2.CH4/c1-4-26-17(25)16-15(14-9-20(21,22)11-24(14)23-16)13-5-7-19(8-6-13)10-18(2,3)12-27-19;1-14(2)11-17(19-12-14)9-7-13(8-10-17)18-20-15(3,4)16(5,6)21-18;1-2-16-8(15)7-6(10)5-3-9(11,12)4-14(5)13-7;/h5H,4,6-12H2,1-3H3;7H,8-12H2,1-6H3;2-4H2,1H3;1H4. The van der Waals surface area contributed by atoms with Gasteiger partial charge in [-0.2, -0.15) is 10.2 Å². The maximum absolute atomic E-state index is 13.9. The number of carbonyl (C=O) groups excluding carboxylic acids is 2. The number of hydrogen-bond acceptors (Lipinski definition) is 10. The van der Waals surface area contributed by atoms with Crippen molar-refractivity contribution in [3.8, 4) is 0 Å². The van der Waals surface area contributed by atoms with Gasteiger partial charge in [0, 0.05) is 5.56 Å². The highest BCUT2D eigenvalue weighted by Gasteiger charge is 2.54. The summed E-state index contributed by atoms with van der Waals surface area (Å²) in [5.41, 5.74) is 3.64. The van der Waals surface area contributed by atoms with E-state index in [4.69, 9.17) is 28.3 Å². The topological polar surface area (TPSA) is 125 Å². The number of nitrogens with zero attached hydrogens (tertiary/aromatic N) is 4. The molecule has 0 radical (unpaired) electrons. The zero-order valence-corrected chi connectivity index (χ0v) is 40.6. The average Bonchev–Trinajstić information content (AvgIpc) is 4.02. The van der Waals surface area contributed by atoms with Crippen LogP contribution in [-0.2, 0) is 54.2 Å². The molecule has 7 aliphatic rings. The molecule has 12 nitrogen and oxygen atoms in total. The third-order valence-corrected chi connectivity index (χ3v) is 14.6. The van der Waals surface area contributed by atoms with Gasteiger partial charge in [0.25, 0.3) is 11.8 Å². The van der Waals surface area contributed by atoms with Crippen LogP contribution < -0.4 is 0 Å². The van der Waals surface area contributed by atoms with Crippen molar-refractivity contribution in [3.63, 3.8) is 0 Å². The summed E-state index contributed by atoms with van der Waals surface area (Å²) in [5, 5.41) is 8.00. The van der Waals surface area contributed by atoms with Crippen molar-refractivity contribution in [3.05, 3.63) is 50.4 Å². The van der Waals surface area contributed by atoms with E-state index in [0.29, 0.717) is 33.3 Å². The number of alkyl halides is 4. The van der Waals surface area contributed by atoms with Gasteiger partial charge in [0.05, 0.1) is 77.5 Å². The van der Waals surface area contributed by atoms with Crippen LogP contribution in [0, 0.1) is 10.8 Å². The van der Waals surface area contributed by atoms with Crippen LogP contribution in [0.25, 0.3) is 5.57 Å². The number of rotatable bonds is 6. The number of hydrogen-bond donors (Lipinski definition) is 0. The van der Waals surface area contributed by atoms with Crippen molar-refractivity contribution in [1.29, 1.82) is 0 Å². The van der Waals surface area contributed by atoms with Gasteiger partial charge >= 0.3 is 19.1 Å². The average molecular weight is 984 g/mol. The second-order valence-electron chi connectivity index (χ2n) is 21.2. The molecule has 2 unspecified atom stereocenters. The molecule has 9 rings (SSSR count). The van der Waals surface area contributed by atoms with Crippen LogP contribution in [0.1, 0.15) is 166 Å². The maximum atomic E-state index is 13.9. The highest BCUT2D eigenvalue weighted by molar-refractivity contribution is 9.10. The van der Waals surface area contributed by atoms with E-state index in [1.165, 1.54) is 10.2 Å². The van der Waals surface area contributed by atoms with Crippen LogP contribution in [0.4, 0.5) is 17.6 Å². The number of ether oxygens (including phenoxy) is 4. The van der Waals surface area contributed by atoms with Crippen molar-refractivity contribution in [2.75, 3.05) is 26.4 Å². The Balaban J connectivity index is 0.000000166. The molecular formula is C47H68BBrF4N4O8. The minimum Gasteiger partial charge on any atom is -0.461 e. The summed E-state index contributed by atoms with van der Waals surface area (Å²) < 4.78 is 91.1. The molecule has 18 heteroatoms. The molecule has 0 saturated carbocycles. The lowest BCUT2D eigenvalue weighted by Gasteiger charge is -2.33. The molecule has 0 aromatic carbocycles. The van der Waals surface area contributed by atoms with E-state index < -0.39 is 43.3 Å². The minimum atomic E-state index is -2.82. The number of aromatic nitrogens is 4. The largest absolute Gasteiger partial charge is 0.490 e. The Labute approximate surface area is 390 Å². The lowest BCUT2D eigenvalue weighted by molar-refractivity contribution is -0.00541. The number of esters is 2. The normalized spacial score (nSPS) is 28.0. The van der Waals surface area contributed by atoms with Crippen LogP contribution in [0.5, 0.6) is 0 Å². The first-order valence-electron chi connectivity index (χ1n) is 22.6. The van der Waals surface area contributed by atoms with Crippen molar-refractivity contribution in [2.45, 2.75) is 188 Å². The van der Waals surface area contributed by atoms with E-state index in [0.717, 1.165) is 68.4 Å². The third kappa shape index (κ3) is 10.8. The third-order valence-electron chi connectivity index (χ3n) is 13.8. The summed E-state index contributed by atoms with van der Waals surface area (Å²) in [6.45, 7) is 21.9. The lowest BCUT2D eigenvalue weighted by atomic mass is 9.67. The molecule has 2 aromatic heterocycles. The Morgan fingerprint density at radius 1 is 0.723 bits per heavy atom. The molecule has 0 N–H and O–H groups in total. The summed E-state index contributed by atoms with van der Waals surface area (Å²) in [6, 6.07) is 0. The van der Waals surface area contributed by atoms with Gasteiger partial charge in [-0.05, 0) is 131 Å². The highest BCUT2D eigenvalue weighted by atomic mass is 79.9. The van der Waals surface area contributed by atoms with Gasteiger partial charge in [0.1, 0.15) is 13.1 Å². The maximum Gasteiger partial charge on any atom is 0.490 e. The van der Waals surface area contributed by atoms with Crippen molar-refractivity contribution in [2.24, 2.45) is 10.8 Å². The second kappa shape index (κ2) is 18.1. The fraction of sp³-hybridized carbons (Fsp3) is 0.745. The fourth-order valence-corrected chi connectivity index (χ4v) is 10.7. The molecule has 3 fully saturated rings. The van der Waals surface area contributed by atoms with Gasteiger partial charge in [-0.1, -0.05) is 47.3 Å². The van der Waals surface area contributed by atoms with E-state index in [9.17, 15) is 27.2 Å². The first-order chi connectivity index (χ1) is 29.6. The summed E-state index contributed by atoms with van der Waals surface area (Å²) in [4.78, 5) is 23.8. The molecule has 0 amide bonds. The van der Waals surface area contributed by atoms with Crippen LogP contribution >= 0.6 is 15.9 Å². The monoisotopic (exact) mass is 982 g/mol. The van der Waals surface area contributed by atoms with E-state index in [1.807, 2.05) is 0 Å². The molecule has 7 heterocycles. The van der Waals surface area contributed by atoms with Gasteiger partial charge in [-0.15, -0.1) is 0 Å². The predicted octanol–water partition coefficient (Wildman–Crippen LogP) is 10.6. The summed E-state index contributed by atoms with van der Waals surface area (Å²) in [5.74, 6) is -6.74. The van der Waals surface area contributed by atoms with Gasteiger partial charge in [0.15, 0.2) is 11.4 Å². The molecule has 65 heavy (non-hydrogen) atoms. The molecule has 3 saturated heterocycles. The van der Waals surface area contributed by atoms with Crippen molar-refractivity contribution >= 4 is 40.6 Å². The zero-order chi connectivity index (χ0) is 46.9. The molecular weight excluding hydrogens is 915 g/mol. The van der Waals surface area contributed by atoms with Gasteiger partial charge in [0.2, 0.25) is 0 Å². The van der Waals surface area contributed by atoms with Crippen molar-refractivity contribution in [1.82, 2.24) is 19.6 Å². The lowest BCUT2D eigenvalue weighted by Crippen LogP contribution is -2.41. The Morgan fingerprint density at radius 2 is 1.18 bits per heavy atom. The predicted molar refractivity (Wildman–Crippen MR) is 242 cm³/mol. The van der Waals surface area contributed by atoms with E-state index in [2.05, 4.69) is 93.7 Å².